The number of hydrogen-bond acceptors (Lipinski definition) is 5. The Kier molecular flexibility index (Phi) is 14.3. The maximum Gasteiger partial charge on any atom is 0.164 e. The third-order valence-electron chi connectivity index (χ3n) is 4.85. The zero-order valence-corrected chi connectivity index (χ0v) is 22.9. The molecule has 2 aromatic rings. The van der Waals surface area contributed by atoms with Crippen LogP contribution < -0.4 is 0 Å². The monoisotopic (exact) mass is 482 g/mol. The molecule has 0 radical (unpaired) electrons. The molecule has 0 saturated heterocycles. The molecular formula is C22H34O2S3Si2. The third-order valence-corrected chi connectivity index (χ3v) is 12.2. The third kappa shape index (κ3) is 11.7. The van der Waals surface area contributed by atoms with Gasteiger partial charge in [0.05, 0.1) is 0 Å². The molecule has 7 heteroatoms. The summed E-state index contributed by atoms with van der Waals surface area (Å²) in [5.41, 5.74) is 4.37. The minimum atomic E-state index is -0.436. The normalized spacial score (nSPS) is 14.1. The Balaban J connectivity index is 1.58. The fourth-order valence-electron chi connectivity index (χ4n) is 3.39. The largest absolute Gasteiger partial charge is 0.427 e. The van der Waals surface area contributed by atoms with Crippen molar-refractivity contribution in [3.05, 3.63) is 71.8 Å². The lowest BCUT2D eigenvalue weighted by Crippen LogP contribution is -2.10. The zero-order valence-electron chi connectivity index (χ0n) is 17.6. The van der Waals surface area contributed by atoms with Gasteiger partial charge >= 0.3 is 0 Å². The minimum absolute atomic E-state index is 0.436. The van der Waals surface area contributed by atoms with E-state index in [0.717, 1.165) is 11.1 Å². The van der Waals surface area contributed by atoms with Gasteiger partial charge in [0.2, 0.25) is 0 Å². The molecule has 2 nitrogen and oxygen atoms in total. The van der Waals surface area contributed by atoms with Crippen LogP contribution in [-0.4, -0.2) is 45.3 Å². The van der Waals surface area contributed by atoms with Gasteiger partial charge in [0.1, 0.15) is 0 Å². The SMILES string of the molecule is CO[SiH2]C(CCSSSCCC(Cc1ccccc1)[SiH2]OC)Cc1ccccc1. The van der Waals surface area contributed by atoms with Crippen LogP contribution >= 0.6 is 31.4 Å². The van der Waals surface area contributed by atoms with Gasteiger partial charge in [-0.2, -0.15) is 0 Å². The molecule has 0 spiro atoms. The van der Waals surface area contributed by atoms with Gasteiger partial charge in [-0.1, -0.05) is 82.3 Å². The first-order valence-electron chi connectivity index (χ1n) is 10.3. The Morgan fingerprint density at radius 2 is 1.10 bits per heavy atom. The van der Waals surface area contributed by atoms with Gasteiger partial charge < -0.3 is 8.85 Å². The van der Waals surface area contributed by atoms with Crippen molar-refractivity contribution in [2.24, 2.45) is 0 Å². The van der Waals surface area contributed by atoms with E-state index in [2.05, 4.69) is 60.7 Å². The van der Waals surface area contributed by atoms with Crippen molar-refractivity contribution < 1.29 is 8.85 Å². The van der Waals surface area contributed by atoms with Crippen LogP contribution in [0.4, 0.5) is 0 Å². The molecule has 0 heterocycles. The number of rotatable bonds is 16. The average Bonchev–Trinajstić information content (AvgIpc) is 2.74. The molecule has 29 heavy (non-hydrogen) atoms. The molecule has 0 saturated carbocycles. The molecule has 0 aromatic heterocycles. The number of benzene rings is 2. The molecule has 0 fully saturated rings. The zero-order chi connectivity index (χ0) is 20.6. The maximum absolute atomic E-state index is 5.58. The second kappa shape index (κ2) is 16.5. The highest BCUT2D eigenvalue weighted by Gasteiger charge is 2.12. The molecule has 0 aliphatic carbocycles. The highest BCUT2D eigenvalue weighted by Crippen LogP contribution is 2.37. The Hall–Kier alpha value is -0.156. The van der Waals surface area contributed by atoms with Gasteiger partial charge in [-0.3, -0.25) is 0 Å². The molecule has 2 rings (SSSR count). The van der Waals surface area contributed by atoms with Gasteiger partial charge in [-0.15, -0.1) is 0 Å². The summed E-state index contributed by atoms with van der Waals surface area (Å²) in [6.45, 7) is 0. The van der Waals surface area contributed by atoms with Crippen molar-refractivity contribution in [2.45, 2.75) is 36.8 Å². The molecule has 0 N–H and O–H groups in total. The topological polar surface area (TPSA) is 18.5 Å². The fraction of sp³-hybridized carbons (Fsp3) is 0.455. The van der Waals surface area contributed by atoms with Crippen LogP contribution in [0, 0.1) is 0 Å². The standard InChI is InChI=1S/C22H34O2S3Si2/c1-23-28-21(17-19-9-5-3-6-10-19)13-15-25-27-26-16-14-22(29-24-2)18-20-11-7-4-8-12-20/h3-12,21-22H,13-18,28-29H2,1-2H3. The first kappa shape index (κ1) is 25.1. The molecule has 2 atom stereocenters. The van der Waals surface area contributed by atoms with E-state index >= 15 is 0 Å². The van der Waals surface area contributed by atoms with E-state index in [1.54, 1.807) is 0 Å². The fourth-order valence-corrected chi connectivity index (χ4v) is 10.7. The number of hydrogen-bond donors (Lipinski definition) is 0. The van der Waals surface area contributed by atoms with Crippen molar-refractivity contribution in [2.75, 3.05) is 25.7 Å². The van der Waals surface area contributed by atoms with Crippen molar-refractivity contribution in [1.29, 1.82) is 0 Å². The lowest BCUT2D eigenvalue weighted by atomic mass is 10.1. The van der Waals surface area contributed by atoms with Crippen LogP contribution in [0.3, 0.4) is 0 Å². The van der Waals surface area contributed by atoms with Crippen molar-refractivity contribution >= 4 is 50.9 Å². The second-order valence-corrected chi connectivity index (χ2v) is 15.9. The summed E-state index contributed by atoms with van der Waals surface area (Å²) in [6.07, 6.45) is 4.87. The van der Waals surface area contributed by atoms with E-state index in [0.29, 0.717) is 0 Å². The molecule has 0 amide bonds. The summed E-state index contributed by atoms with van der Waals surface area (Å²) in [7, 11) is 8.87. The summed E-state index contributed by atoms with van der Waals surface area (Å²) < 4.78 is 11.2. The summed E-state index contributed by atoms with van der Waals surface area (Å²) in [4.78, 5) is 0. The second-order valence-electron chi connectivity index (χ2n) is 7.31. The first-order chi connectivity index (χ1) is 14.3. The van der Waals surface area contributed by atoms with Crippen LogP contribution in [0.5, 0.6) is 0 Å². The Morgan fingerprint density at radius 1 is 0.690 bits per heavy atom. The molecule has 160 valence electrons. The Morgan fingerprint density at radius 3 is 1.48 bits per heavy atom. The predicted molar refractivity (Wildman–Crippen MR) is 141 cm³/mol. The lowest BCUT2D eigenvalue weighted by molar-refractivity contribution is 0.427. The van der Waals surface area contributed by atoms with E-state index in [-0.39, 0.29) is 0 Å². The van der Waals surface area contributed by atoms with Gasteiger partial charge in [-0.25, -0.2) is 0 Å². The smallest absolute Gasteiger partial charge is 0.164 e. The van der Waals surface area contributed by atoms with Crippen molar-refractivity contribution in [3.63, 3.8) is 0 Å². The lowest BCUT2D eigenvalue weighted by Gasteiger charge is -2.16. The first-order valence-corrected chi connectivity index (χ1v) is 16.9. The quantitative estimate of drug-likeness (QED) is 0.183. The highest BCUT2D eigenvalue weighted by atomic mass is 33.5. The molecule has 0 aliphatic heterocycles. The van der Waals surface area contributed by atoms with E-state index in [1.165, 1.54) is 48.3 Å². The van der Waals surface area contributed by atoms with Crippen LogP contribution in [-0.2, 0) is 21.7 Å². The minimum Gasteiger partial charge on any atom is -0.427 e. The van der Waals surface area contributed by atoms with Gasteiger partial charge in [-0.05, 0) is 57.7 Å². The molecule has 2 unspecified atom stereocenters. The van der Waals surface area contributed by atoms with Gasteiger partial charge in [0, 0.05) is 25.7 Å². The van der Waals surface area contributed by atoms with E-state index in [9.17, 15) is 0 Å². The molecule has 0 aliphatic rings. The molecule has 2 aromatic carbocycles. The van der Waals surface area contributed by atoms with Crippen LogP contribution in [0.15, 0.2) is 60.7 Å². The van der Waals surface area contributed by atoms with E-state index in [4.69, 9.17) is 8.85 Å². The summed E-state index contributed by atoms with van der Waals surface area (Å²) in [5.74, 6) is 2.43. The van der Waals surface area contributed by atoms with Crippen LogP contribution in [0.2, 0.25) is 11.1 Å². The summed E-state index contributed by atoms with van der Waals surface area (Å²) >= 11 is 0. The van der Waals surface area contributed by atoms with E-state index in [1.807, 2.05) is 45.6 Å². The predicted octanol–water partition coefficient (Wildman–Crippen LogP) is 5.32. The summed E-state index contributed by atoms with van der Waals surface area (Å²) in [5, 5.41) is 0. The molecular weight excluding hydrogens is 449 g/mol. The highest BCUT2D eigenvalue weighted by molar-refractivity contribution is 9.09. The van der Waals surface area contributed by atoms with Crippen LogP contribution in [0.25, 0.3) is 0 Å². The molecule has 0 bridgehead atoms. The summed E-state index contributed by atoms with van der Waals surface area (Å²) in [6, 6.07) is 21.7. The van der Waals surface area contributed by atoms with Crippen molar-refractivity contribution in [3.8, 4) is 0 Å². The van der Waals surface area contributed by atoms with Gasteiger partial charge in [0.25, 0.3) is 0 Å². The average molecular weight is 483 g/mol. The van der Waals surface area contributed by atoms with Gasteiger partial charge in [0.15, 0.2) is 19.5 Å². The Labute approximate surface area is 193 Å². The van der Waals surface area contributed by atoms with Crippen LogP contribution in [0.1, 0.15) is 24.0 Å². The maximum atomic E-state index is 5.58. The van der Waals surface area contributed by atoms with Crippen molar-refractivity contribution in [1.82, 2.24) is 0 Å². The Bertz CT molecular complexity index is 579. The van der Waals surface area contributed by atoms with E-state index < -0.39 is 19.5 Å².